The second-order valence-electron chi connectivity index (χ2n) is 4.83. The fourth-order valence-electron chi connectivity index (χ4n) is 1.85. The van der Waals surface area contributed by atoms with Gasteiger partial charge in [0, 0.05) is 12.1 Å². The minimum Gasteiger partial charge on any atom is -0.480 e. The van der Waals surface area contributed by atoms with Crippen molar-refractivity contribution < 1.29 is 27.5 Å². The molecule has 1 amide bonds. The van der Waals surface area contributed by atoms with E-state index in [1.54, 1.807) is 6.92 Å². The summed E-state index contributed by atoms with van der Waals surface area (Å²) in [7, 11) is -2.58. The van der Waals surface area contributed by atoms with Crippen molar-refractivity contribution in [2.75, 3.05) is 13.6 Å². The third-order valence-corrected chi connectivity index (χ3v) is 4.62. The van der Waals surface area contributed by atoms with E-state index in [0.717, 1.165) is 6.07 Å². The molecule has 0 saturated carbocycles. The minimum absolute atomic E-state index is 0.0374. The van der Waals surface area contributed by atoms with Crippen LogP contribution in [0.3, 0.4) is 0 Å². The number of aliphatic carboxylic acids is 1. The van der Waals surface area contributed by atoms with Crippen LogP contribution in [0.5, 0.6) is 0 Å². The Balaban J connectivity index is 3.22. The Morgan fingerprint density at radius 2 is 2.05 bits per heavy atom. The number of hydrogen-bond acceptors (Lipinski definition) is 5. The van der Waals surface area contributed by atoms with Crippen LogP contribution in [0.4, 0.5) is 0 Å². The number of furan rings is 1. The van der Waals surface area contributed by atoms with Crippen LogP contribution in [0, 0.1) is 6.92 Å². The summed E-state index contributed by atoms with van der Waals surface area (Å²) in [6, 6.07) is 0.808. The molecule has 1 rings (SSSR count). The average Bonchev–Trinajstić information content (AvgIpc) is 2.85. The number of carboxylic acid groups (broad SMARTS) is 1. The highest BCUT2D eigenvalue weighted by atomic mass is 32.2. The first kappa shape index (κ1) is 18.2. The molecule has 22 heavy (non-hydrogen) atoms. The number of aryl methyl sites for hydroxylation is 1. The smallest absolute Gasteiger partial charge is 0.323 e. The van der Waals surface area contributed by atoms with E-state index >= 15 is 0 Å². The monoisotopic (exact) mass is 332 g/mol. The first-order valence-electron chi connectivity index (χ1n) is 6.70. The standard InChI is InChI=1S/C13H20N2O6S/c1-5-8(2)15(7-11(16)17)13(18)10-6-12(21-9(10)3)22(19,20)14-4/h6,8,14H,5,7H2,1-4H3,(H,16,17). The van der Waals surface area contributed by atoms with Crippen LogP contribution in [0.15, 0.2) is 15.6 Å². The zero-order valence-corrected chi connectivity index (χ0v) is 13.7. The lowest BCUT2D eigenvalue weighted by Gasteiger charge is -2.26. The average molecular weight is 332 g/mol. The summed E-state index contributed by atoms with van der Waals surface area (Å²) in [5.74, 6) is -1.59. The van der Waals surface area contributed by atoms with Gasteiger partial charge in [-0.05, 0) is 27.3 Å². The van der Waals surface area contributed by atoms with E-state index in [1.165, 1.54) is 18.9 Å². The van der Waals surface area contributed by atoms with Crippen LogP contribution in [-0.4, -0.2) is 49.9 Å². The molecule has 0 spiro atoms. The quantitative estimate of drug-likeness (QED) is 0.763. The van der Waals surface area contributed by atoms with Crippen LogP contribution in [-0.2, 0) is 14.8 Å². The molecule has 0 aliphatic heterocycles. The Kier molecular flexibility index (Phi) is 5.72. The highest BCUT2D eigenvalue weighted by Crippen LogP contribution is 2.21. The Hall–Kier alpha value is -1.87. The number of carboxylic acids is 1. The third kappa shape index (κ3) is 3.86. The molecule has 0 fully saturated rings. The molecule has 0 bridgehead atoms. The normalized spacial score (nSPS) is 12.9. The van der Waals surface area contributed by atoms with Crippen LogP contribution in [0.25, 0.3) is 0 Å². The van der Waals surface area contributed by atoms with Gasteiger partial charge in [0.1, 0.15) is 12.3 Å². The number of nitrogens with zero attached hydrogens (tertiary/aromatic N) is 1. The van der Waals surface area contributed by atoms with Gasteiger partial charge in [0.05, 0.1) is 5.56 Å². The fourth-order valence-corrected chi connectivity index (χ4v) is 2.56. The number of hydrogen-bond donors (Lipinski definition) is 2. The topological polar surface area (TPSA) is 117 Å². The van der Waals surface area contributed by atoms with Crippen LogP contribution in [0.2, 0.25) is 0 Å². The zero-order chi connectivity index (χ0) is 17.1. The first-order chi connectivity index (χ1) is 10.1. The van der Waals surface area contributed by atoms with E-state index in [-0.39, 0.29) is 22.5 Å². The first-order valence-corrected chi connectivity index (χ1v) is 8.19. The van der Waals surface area contributed by atoms with Gasteiger partial charge in [0.2, 0.25) is 5.09 Å². The molecule has 1 aromatic heterocycles. The van der Waals surface area contributed by atoms with E-state index in [0.29, 0.717) is 6.42 Å². The summed E-state index contributed by atoms with van der Waals surface area (Å²) in [5, 5.41) is 8.56. The Morgan fingerprint density at radius 1 is 1.45 bits per heavy atom. The molecular formula is C13H20N2O6S. The molecule has 0 saturated heterocycles. The molecule has 0 radical (unpaired) electrons. The van der Waals surface area contributed by atoms with Crippen molar-refractivity contribution in [2.45, 2.75) is 38.3 Å². The minimum atomic E-state index is -3.81. The van der Waals surface area contributed by atoms with Gasteiger partial charge in [-0.1, -0.05) is 6.92 Å². The third-order valence-electron chi connectivity index (χ3n) is 3.35. The van der Waals surface area contributed by atoms with Crippen molar-refractivity contribution in [2.24, 2.45) is 0 Å². The van der Waals surface area contributed by atoms with E-state index < -0.39 is 28.4 Å². The maximum absolute atomic E-state index is 12.5. The van der Waals surface area contributed by atoms with Crippen LogP contribution >= 0.6 is 0 Å². The number of rotatable bonds is 7. The molecule has 1 unspecified atom stereocenters. The lowest BCUT2D eigenvalue weighted by Crippen LogP contribution is -2.41. The van der Waals surface area contributed by atoms with Crippen molar-refractivity contribution in [3.63, 3.8) is 0 Å². The predicted molar refractivity (Wildman–Crippen MR) is 78.1 cm³/mol. The van der Waals surface area contributed by atoms with Gasteiger partial charge < -0.3 is 14.4 Å². The molecule has 124 valence electrons. The van der Waals surface area contributed by atoms with Gasteiger partial charge in [0.15, 0.2) is 0 Å². The highest BCUT2D eigenvalue weighted by Gasteiger charge is 2.28. The molecule has 0 aliphatic carbocycles. The van der Waals surface area contributed by atoms with Crippen molar-refractivity contribution >= 4 is 21.9 Å². The number of sulfonamides is 1. The van der Waals surface area contributed by atoms with Crippen LogP contribution < -0.4 is 4.72 Å². The van der Waals surface area contributed by atoms with Gasteiger partial charge in [-0.3, -0.25) is 9.59 Å². The number of carbonyl (C=O) groups is 2. The second kappa shape index (κ2) is 6.93. The van der Waals surface area contributed by atoms with E-state index in [2.05, 4.69) is 4.72 Å². The van der Waals surface area contributed by atoms with Gasteiger partial charge in [-0.2, -0.15) is 0 Å². The van der Waals surface area contributed by atoms with Crippen molar-refractivity contribution in [1.82, 2.24) is 9.62 Å². The SMILES string of the molecule is CCC(C)N(CC(=O)O)C(=O)c1cc(S(=O)(=O)NC)oc1C. The summed E-state index contributed by atoms with van der Waals surface area (Å²) in [4.78, 5) is 24.6. The Morgan fingerprint density at radius 3 is 2.50 bits per heavy atom. The number of amides is 1. The molecule has 8 nitrogen and oxygen atoms in total. The maximum Gasteiger partial charge on any atom is 0.323 e. The summed E-state index contributed by atoms with van der Waals surface area (Å²) < 4.78 is 30.6. The van der Waals surface area contributed by atoms with Gasteiger partial charge in [0.25, 0.3) is 15.9 Å². The number of carbonyl (C=O) groups excluding carboxylic acids is 1. The van der Waals surface area contributed by atoms with E-state index in [4.69, 9.17) is 9.52 Å². The Bertz CT molecular complexity index is 664. The van der Waals surface area contributed by atoms with Crippen LogP contribution in [0.1, 0.15) is 36.4 Å². The van der Waals surface area contributed by atoms with E-state index in [9.17, 15) is 18.0 Å². The summed E-state index contributed by atoms with van der Waals surface area (Å²) in [5.41, 5.74) is 0.0374. The highest BCUT2D eigenvalue weighted by molar-refractivity contribution is 7.89. The van der Waals surface area contributed by atoms with Crippen molar-refractivity contribution in [3.8, 4) is 0 Å². The Labute approximate surface area is 129 Å². The number of nitrogens with one attached hydrogen (secondary N) is 1. The summed E-state index contributed by atoms with van der Waals surface area (Å²) in [6.45, 7) is 4.54. The van der Waals surface area contributed by atoms with Gasteiger partial charge in [-0.25, -0.2) is 13.1 Å². The predicted octanol–water partition coefficient (Wildman–Crippen LogP) is 0.821. The lowest BCUT2D eigenvalue weighted by molar-refractivity contribution is -0.138. The molecule has 9 heteroatoms. The molecular weight excluding hydrogens is 312 g/mol. The lowest BCUT2D eigenvalue weighted by atomic mass is 10.1. The molecule has 0 aromatic carbocycles. The van der Waals surface area contributed by atoms with Crippen molar-refractivity contribution in [1.29, 1.82) is 0 Å². The summed E-state index contributed by atoms with van der Waals surface area (Å²) in [6.07, 6.45) is 0.567. The molecule has 1 aromatic rings. The van der Waals surface area contributed by atoms with Crippen molar-refractivity contribution in [3.05, 3.63) is 17.4 Å². The summed E-state index contributed by atoms with van der Waals surface area (Å²) >= 11 is 0. The van der Waals surface area contributed by atoms with Gasteiger partial charge in [-0.15, -0.1) is 0 Å². The largest absolute Gasteiger partial charge is 0.480 e. The van der Waals surface area contributed by atoms with E-state index in [1.807, 2.05) is 6.92 Å². The maximum atomic E-state index is 12.5. The second-order valence-corrected chi connectivity index (χ2v) is 6.64. The fraction of sp³-hybridized carbons (Fsp3) is 0.538. The van der Waals surface area contributed by atoms with Gasteiger partial charge >= 0.3 is 5.97 Å². The molecule has 0 aliphatic rings. The molecule has 1 atom stereocenters. The molecule has 2 N–H and O–H groups in total. The molecule has 1 heterocycles. The zero-order valence-electron chi connectivity index (χ0n) is 12.9.